The van der Waals surface area contributed by atoms with Crippen LogP contribution in [0.4, 0.5) is 0 Å². The fourth-order valence-electron chi connectivity index (χ4n) is 2.87. The summed E-state index contributed by atoms with van der Waals surface area (Å²) in [7, 11) is 0. The molecule has 2 aromatic heterocycles. The van der Waals surface area contributed by atoms with Gasteiger partial charge in [0.15, 0.2) is 0 Å². The second-order valence-electron chi connectivity index (χ2n) is 6.92. The van der Waals surface area contributed by atoms with Crippen LogP contribution in [0.25, 0.3) is 0 Å². The second kappa shape index (κ2) is 15.3. The van der Waals surface area contributed by atoms with Crippen molar-refractivity contribution in [3.63, 3.8) is 0 Å². The maximum Gasteiger partial charge on any atom is 0.340 e. The largest absolute Gasteiger partial charge is 0.481 e. The SMILES string of the molecule is CC(=O)O.CC(=O)O.O=C(CCc1n[nH]c(=O)[nH]1)NCC(c1cccnc1)N1CCOCC1. The molecule has 0 aromatic carbocycles. The Hall–Kier alpha value is -3.58. The fraction of sp³-hybridized carbons (Fsp3) is 0.500. The number of aliphatic carboxylic acids is 2. The van der Waals surface area contributed by atoms with Gasteiger partial charge in [0.25, 0.3) is 11.9 Å². The molecule has 0 bridgehead atoms. The van der Waals surface area contributed by atoms with E-state index >= 15 is 0 Å². The van der Waals surface area contributed by atoms with Gasteiger partial charge in [0, 0.05) is 58.7 Å². The number of aromatic amines is 2. The molecule has 0 aliphatic carbocycles. The van der Waals surface area contributed by atoms with E-state index in [1.807, 2.05) is 18.3 Å². The van der Waals surface area contributed by atoms with Crippen molar-refractivity contribution in [2.24, 2.45) is 0 Å². The maximum absolute atomic E-state index is 12.1. The Morgan fingerprint density at radius 2 is 1.85 bits per heavy atom. The van der Waals surface area contributed by atoms with Gasteiger partial charge in [0.2, 0.25) is 5.91 Å². The van der Waals surface area contributed by atoms with Gasteiger partial charge in [-0.1, -0.05) is 6.07 Å². The number of hydrogen-bond donors (Lipinski definition) is 5. The third-order valence-corrected chi connectivity index (χ3v) is 4.19. The normalized spacial score (nSPS) is 14.0. The number of aryl methyl sites for hydroxylation is 1. The van der Waals surface area contributed by atoms with Crippen molar-refractivity contribution in [1.82, 2.24) is 30.4 Å². The minimum absolute atomic E-state index is 0.0618. The van der Waals surface area contributed by atoms with Crippen LogP contribution in [-0.2, 0) is 25.5 Å². The van der Waals surface area contributed by atoms with Crippen LogP contribution in [0.2, 0.25) is 0 Å². The number of H-pyrrole nitrogens is 2. The number of nitrogens with zero attached hydrogens (tertiary/aromatic N) is 3. The summed E-state index contributed by atoms with van der Waals surface area (Å²) in [5, 5.41) is 23.9. The number of ether oxygens (including phenoxy) is 1. The first-order chi connectivity index (χ1) is 15.7. The average Bonchev–Trinajstić information content (AvgIpc) is 3.18. The summed E-state index contributed by atoms with van der Waals surface area (Å²) in [4.78, 5) is 50.2. The fourth-order valence-corrected chi connectivity index (χ4v) is 2.87. The summed E-state index contributed by atoms with van der Waals surface area (Å²) in [5.41, 5.74) is 0.709. The van der Waals surface area contributed by atoms with Gasteiger partial charge in [-0.25, -0.2) is 9.89 Å². The summed E-state index contributed by atoms with van der Waals surface area (Å²) in [6.45, 7) is 5.70. The number of carboxylic acid groups (broad SMARTS) is 2. The molecule has 0 spiro atoms. The van der Waals surface area contributed by atoms with Gasteiger partial charge in [-0.15, -0.1) is 0 Å². The predicted molar refractivity (Wildman–Crippen MR) is 117 cm³/mol. The lowest BCUT2D eigenvalue weighted by molar-refractivity contribution is -0.135. The summed E-state index contributed by atoms with van der Waals surface area (Å²) < 4.78 is 5.42. The molecular formula is C20H30N6O7. The van der Waals surface area contributed by atoms with Crippen molar-refractivity contribution in [1.29, 1.82) is 0 Å². The Morgan fingerprint density at radius 3 is 2.36 bits per heavy atom. The van der Waals surface area contributed by atoms with E-state index in [-0.39, 0.29) is 24.1 Å². The third-order valence-electron chi connectivity index (χ3n) is 4.19. The molecule has 3 heterocycles. The first-order valence-electron chi connectivity index (χ1n) is 10.2. The van der Waals surface area contributed by atoms with Crippen LogP contribution in [0.5, 0.6) is 0 Å². The van der Waals surface area contributed by atoms with Crippen molar-refractivity contribution in [2.45, 2.75) is 32.7 Å². The Labute approximate surface area is 190 Å². The standard InChI is InChI=1S/C16H22N6O3.2C2H4O2/c23-15(4-3-14-19-16(24)21-20-14)18-11-13(12-2-1-5-17-10-12)22-6-8-25-9-7-22;2*1-2(3)4/h1-2,5,10,13H,3-4,6-9,11H2,(H,18,23)(H2,19,20,21,24);2*1H3,(H,3,4). The first-order valence-corrected chi connectivity index (χ1v) is 10.2. The number of carboxylic acids is 2. The summed E-state index contributed by atoms with van der Waals surface area (Å²) in [5.74, 6) is -1.26. The highest BCUT2D eigenvalue weighted by atomic mass is 16.5. The molecule has 182 valence electrons. The number of morpholine rings is 1. The molecule has 1 fully saturated rings. The van der Waals surface area contributed by atoms with Gasteiger partial charge in [-0.2, -0.15) is 5.10 Å². The van der Waals surface area contributed by atoms with E-state index in [1.165, 1.54) is 0 Å². The molecule has 1 saturated heterocycles. The minimum Gasteiger partial charge on any atom is -0.481 e. The van der Waals surface area contributed by atoms with Crippen molar-refractivity contribution >= 4 is 17.8 Å². The molecular weight excluding hydrogens is 436 g/mol. The van der Waals surface area contributed by atoms with Crippen LogP contribution < -0.4 is 11.0 Å². The Bertz CT molecular complexity index is 889. The third kappa shape index (κ3) is 12.8. The molecule has 3 rings (SSSR count). The van der Waals surface area contributed by atoms with E-state index < -0.39 is 11.9 Å². The zero-order valence-corrected chi connectivity index (χ0v) is 18.6. The van der Waals surface area contributed by atoms with Crippen molar-refractivity contribution in [2.75, 3.05) is 32.8 Å². The number of rotatable bonds is 7. The quantitative estimate of drug-likeness (QED) is 0.365. The molecule has 0 radical (unpaired) electrons. The van der Waals surface area contributed by atoms with Crippen molar-refractivity contribution in [3.05, 3.63) is 46.4 Å². The van der Waals surface area contributed by atoms with Gasteiger partial charge < -0.3 is 20.3 Å². The lowest BCUT2D eigenvalue weighted by Gasteiger charge is -2.34. The van der Waals surface area contributed by atoms with Crippen LogP contribution in [-0.4, -0.2) is 86.0 Å². The molecule has 33 heavy (non-hydrogen) atoms. The molecule has 1 amide bonds. The maximum atomic E-state index is 12.1. The van der Waals surface area contributed by atoms with Crippen LogP contribution in [0.15, 0.2) is 29.3 Å². The Morgan fingerprint density at radius 1 is 1.21 bits per heavy atom. The van der Waals surface area contributed by atoms with Gasteiger partial charge in [-0.3, -0.25) is 29.3 Å². The second-order valence-corrected chi connectivity index (χ2v) is 6.92. The number of carbonyl (C=O) groups excluding carboxylic acids is 1. The Balaban J connectivity index is 0.000000591. The van der Waals surface area contributed by atoms with Crippen LogP contribution in [0.3, 0.4) is 0 Å². The highest BCUT2D eigenvalue weighted by Gasteiger charge is 2.23. The first kappa shape index (κ1) is 27.5. The summed E-state index contributed by atoms with van der Waals surface area (Å²) in [6, 6.07) is 3.98. The summed E-state index contributed by atoms with van der Waals surface area (Å²) in [6.07, 6.45) is 4.23. The highest BCUT2D eigenvalue weighted by Crippen LogP contribution is 2.20. The van der Waals surface area contributed by atoms with Crippen LogP contribution in [0, 0.1) is 0 Å². The molecule has 2 aromatic rings. The molecule has 5 N–H and O–H groups in total. The van der Waals surface area contributed by atoms with Crippen LogP contribution >= 0.6 is 0 Å². The number of nitrogens with one attached hydrogen (secondary N) is 3. The van der Waals surface area contributed by atoms with E-state index in [9.17, 15) is 9.59 Å². The zero-order chi connectivity index (χ0) is 24.6. The molecule has 1 aliphatic heterocycles. The van der Waals surface area contributed by atoms with E-state index in [0.717, 1.165) is 32.5 Å². The zero-order valence-electron chi connectivity index (χ0n) is 18.6. The van der Waals surface area contributed by atoms with E-state index in [1.54, 1.807) is 6.20 Å². The van der Waals surface area contributed by atoms with E-state index in [2.05, 4.69) is 30.4 Å². The Kier molecular flexibility index (Phi) is 12.7. The number of carbonyl (C=O) groups is 3. The lowest BCUT2D eigenvalue weighted by Crippen LogP contribution is -2.43. The van der Waals surface area contributed by atoms with Crippen molar-refractivity contribution in [3.8, 4) is 0 Å². The van der Waals surface area contributed by atoms with Crippen molar-refractivity contribution < 1.29 is 29.3 Å². The van der Waals surface area contributed by atoms with E-state index in [4.69, 9.17) is 24.5 Å². The van der Waals surface area contributed by atoms with Gasteiger partial charge in [0.05, 0.1) is 19.3 Å². The molecule has 13 heteroatoms. The topological polar surface area (TPSA) is 191 Å². The average molecular weight is 466 g/mol. The van der Waals surface area contributed by atoms with Gasteiger partial charge in [-0.05, 0) is 11.6 Å². The monoisotopic (exact) mass is 466 g/mol. The number of aromatic nitrogens is 4. The predicted octanol–water partition coefficient (Wildman–Crippen LogP) is -0.203. The summed E-state index contributed by atoms with van der Waals surface area (Å²) >= 11 is 0. The number of pyridine rings is 1. The number of hydrogen-bond acceptors (Lipinski definition) is 8. The molecule has 13 nitrogen and oxygen atoms in total. The minimum atomic E-state index is -0.833. The van der Waals surface area contributed by atoms with Gasteiger partial charge in [0.1, 0.15) is 5.82 Å². The van der Waals surface area contributed by atoms with Gasteiger partial charge >= 0.3 is 5.69 Å². The molecule has 1 atom stereocenters. The van der Waals surface area contributed by atoms with Crippen LogP contribution in [0.1, 0.15) is 37.7 Å². The number of amides is 1. The highest BCUT2D eigenvalue weighted by molar-refractivity contribution is 5.76. The van der Waals surface area contributed by atoms with E-state index in [0.29, 0.717) is 32.0 Å². The lowest BCUT2D eigenvalue weighted by atomic mass is 10.1. The molecule has 0 saturated carbocycles. The molecule has 1 unspecified atom stereocenters. The molecule has 1 aliphatic rings. The smallest absolute Gasteiger partial charge is 0.340 e.